The van der Waals surface area contributed by atoms with Crippen LogP contribution in [0.25, 0.3) is 0 Å². The third kappa shape index (κ3) is 3.09. The molecule has 0 N–H and O–H groups in total. The Morgan fingerprint density at radius 2 is 1.88 bits per heavy atom. The van der Waals surface area contributed by atoms with Gasteiger partial charge in [0.1, 0.15) is 5.75 Å². The van der Waals surface area contributed by atoms with Crippen LogP contribution < -0.4 is 9.64 Å². The van der Waals surface area contributed by atoms with Crippen LogP contribution in [0.5, 0.6) is 5.75 Å². The Hall–Kier alpha value is -0.830. The van der Waals surface area contributed by atoms with Crippen molar-refractivity contribution < 1.29 is 4.74 Å². The fourth-order valence-corrected chi connectivity index (χ4v) is 2.39. The fraction of sp³-hybridized carbons (Fsp3) is 0.571. The topological polar surface area (TPSA) is 12.5 Å². The molecule has 0 bridgehead atoms. The molecule has 17 heavy (non-hydrogen) atoms. The van der Waals surface area contributed by atoms with Gasteiger partial charge >= 0.3 is 0 Å². The Morgan fingerprint density at radius 1 is 1.24 bits per heavy atom. The third-order valence-electron chi connectivity index (χ3n) is 3.26. The van der Waals surface area contributed by atoms with E-state index in [9.17, 15) is 0 Å². The Labute approximate surface area is 110 Å². The smallest absolute Gasteiger partial charge is 0.122 e. The van der Waals surface area contributed by atoms with Gasteiger partial charge in [-0.1, -0.05) is 0 Å². The highest BCUT2D eigenvalue weighted by atomic mass is 32.1. The van der Waals surface area contributed by atoms with Crippen LogP contribution in [-0.4, -0.2) is 26.5 Å². The van der Waals surface area contributed by atoms with Crippen molar-refractivity contribution in [1.29, 1.82) is 0 Å². The van der Waals surface area contributed by atoms with Gasteiger partial charge in [-0.3, -0.25) is 0 Å². The van der Waals surface area contributed by atoms with Crippen molar-refractivity contribution in [3.05, 3.63) is 22.8 Å². The number of hydrogen-bond acceptors (Lipinski definition) is 3. The predicted molar refractivity (Wildman–Crippen MR) is 78.9 cm³/mol. The quantitative estimate of drug-likeness (QED) is 0.808. The SMILES string of the molecule is COc1cc(C)c(N(C)CCCS)c(C)c1C. The van der Waals surface area contributed by atoms with Crippen molar-refractivity contribution in [1.82, 2.24) is 0 Å². The zero-order valence-electron chi connectivity index (χ0n) is 11.5. The fourth-order valence-electron chi connectivity index (χ4n) is 2.25. The first-order valence-corrected chi connectivity index (χ1v) is 6.63. The molecule has 0 heterocycles. The lowest BCUT2D eigenvalue weighted by Crippen LogP contribution is -2.21. The Balaban J connectivity index is 3.11. The van der Waals surface area contributed by atoms with E-state index in [1.807, 2.05) is 0 Å². The zero-order chi connectivity index (χ0) is 13.0. The molecule has 0 aliphatic carbocycles. The summed E-state index contributed by atoms with van der Waals surface area (Å²) in [4.78, 5) is 2.31. The number of hydrogen-bond donors (Lipinski definition) is 1. The first-order valence-electron chi connectivity index (χ1n) is 5.99. The van der Waals surface area contributed by atoms with Gasteiger partial charge in [0.25, 0.3) is 0 Å². The molecular formula is C14H23NOS. The van der Waals surface area contributed by atoms with Gasteiger partial charge in [0.2, 0.25) is 0 Å². The standard InChI is InChI=1S/C14H23NOS/c1-10-9-13(16-5)11(2)12(3)14(10)15(4)7-6-8-17/h9,17H,6-8H2,1-5H3. The van der Waals surface area contributed by atoms with E-state index in [1.54, 1.807) is 7.11 Å². The van der Waals surface area contributed by atoms with E-state index in [0.717, 1.165) is 24.5 Å². The Kier molecular flexibility index (Phi) is 5.19. The number of aryl methyl sites for hydroxylation is 1. The number of ether oxygens (including phenoxy) is 1. The van der Waals surface area contributed by atoms with E-state index in [4.69, 9.17) is 4.74 Å². The van der Waals surface area contributed by atoms with Crippen molar-refractivity contribution in [3.8, 4) is 5.75 Å². The van der Waals surface area contributed by atoms with E-state index in [2.05, 4.69) is 51.4 Å². The first-order chi connectivity index (χ1) is 8.02. The molecule has 0 aromatic heterocycles. The summed E-state index contributed by atoms with van der Waals surface area (Å²) in [6.45, 7) is 7.46. The van der Waals surface area contributed by atoms with Crippen molar-refractivity contribution in [2.45, 2.75) is 27.2 Å². The van der Waals surface area contributed by atoms with Crippen LogP contribution >= 0.6 is 12.6 Å². The second-order valence-corrected chi connectivity index (χ2v) is 4.94. The molecule has 0 atom stereocenters. The van der Waals surface area contributed by atoms with Crippen LogP contribution in [0.3, 0.4) is 0 Å². The van der Waals surface area contributed by atoms with Crippen molar-refractivity contribution in [2.24, 2.45) is 0 Å². The Bertz CT molecular complexity index is 390. The van der Waals surface area contributed by atoms with E-state index < -0.39 is 0 Å². The van der Waals surface area contributed by atoms with E-state index in [-0.39, 0.29) is 0 Å². The summed E-state index contributed by atoms with van der Waals surface area (Å²) in [5.74, 6) is 1.91. The van der Waals surface area contributed by atoms with Crippen LogP contribution in [0.15, 0.2) is 6.07 Å². The zero-order valence-corrected chi connectivity index (χ0v) is 12.4. The second-order valence-electron chi connectivity index (χ2n) is 4.49. The summed E-state index contributed by atoms with van der Waals surface area (Å²) in [5, 5.41) is 0. The predicted octanol–water partition coefficient (Wildman–Crippen LogP) is 3.38. The summed E-state index contributed by atoms with van der Waals surface area (Å²) in [6.07, 6.45) is 1.10. The molecule has 0 radical (unpaired) electrons. The van der Waals surface area contributed by atoms with Gasteiger partial charge < -0.3 is 9.64 Å². The molecular weight excluding hydrogens is 230 g/mol. The molecule has 3 heteroatoms. The largest absolute Gasteiger partial charge is 0.496 e. The van der Waals surface area contributed by atoms with Gasteiger partial charge in [-0.15, -0.1) is 0 Å². The highest BCUT2D eigenvalue weighted by Gasteiger charge is 2.13. The van der Waals surface area contributed by atoms with Gasteiger partial charge in [0, 0.05) is 19.3 Å². The molecule has 96 valence electrons. The highest BCUT2D eigenvalue weighted by molar-refractivity contribution is 7.80. The lowest BCUT2D eigenvalue weighted by atomic mass is 10.0. The summed E-state index contributed by atoms with van der Waals surface area (Å²) in [5.41, 5.74) is 5.13. The van der Waals surface area contributed by atoms with Gasteiger partial charge in [-0.05, 0) is 55.7 Å². The van der Waals surface area contributed by atoms with Gasteiger partial charge in [-0.25, -0.2) is 0 Å². The lowest BCUT2D eigenvalue weighted by molar-refractivity contribution is 0.411. The molecule has 0 fully saturated rings. The average Bonchev–Trinajstić information content (AvgIpc) is 2.31. The summed E-state index contributed by atoms with van der Waals surface area (Å²) in [6, 6.07) is 2.12. The van der Waals surface area contributed by atoms with Gasteiger partial charge in [0.15, 0.2) is 0 Å². The van der Waals surface area contributed by atoms with E-state index in [1.165, 1.54) is 22.4 Å². The van der Waals surface area contributed by atoms with Crippen molar-refractivity contribution in [2.75, 3.05) is 31.4 Å². The molecule has 1 aromatic carbocycles. The maximum absolute atomic E-state index is 5.39. The lowest BCUT2D eigenvalue weighted by Gasteiger charge is -2.25. The molecule has 0 aliphatic rings. The van der Waals surface area contributed by atoms with Crippen LogP contribution in [0.2, 0.25) is 0 Å². The van der Waals surface area contributed by atoms with E-state index >= 15 is 0 Å². The number of anilines is 1. The minimum atomic E-state index is 0.928. The number of thiol groups is 1. The molecule has 0 spiro atoms. The molecule has 1 aromatic rings. The van der Waals surface area contributed by atoms with Crippen LogP contribution in [0, 0.1) is 20.8 Å². The molecule has 0 saturated carbocycles. The van der Waals surface area contributed by atoms with Crippen LogP contribution in [0.1, 0.15) is 23.1 Å². The minimum absolute atomic E-state index is 0.928. The Morgan fingerprint density at radius 3 is 2.41 bits per heavy atom. The average molecular weight is 253 g/mol. The number of nitrogens with zero attached hydrogens (tertiary/aromatic N) is 1. The molecule has 0 aliphatic heterocycles. The number of methoxy groups -OCH3 is 1. The van der Waals surface area contributed by atoms with E-state index in [0.29, 0.717) is 0 Å². The second kappa shape index (κ2) is 6.20. The molecule has 1 rings (SSSR count). The third-order valence-corrected chi connectivity index (χ3v) is 3.58. The molecule has 0 saturated heterocycles. The monoisotopic (exact) mass is 253 g/mol. The highest BCUT2D eigenvalue weighted by Crippen LogP contribution is 2.33. The molecule has 2 nitrogen and oxygen atoms in total. The van der Waals surface area contributed by atoms with Crippen LogP contribution in [-0.2, 0) is 0 Å². The van der Waals surface area contributed by atoms with Gasteiger partial charge in [0.05, 0.1) is 7.11 Å². The van der Waals surface area contributed by atoms with Crippen molar-refractivity contribution in [3.63, 3.8) is 0 Å². The first kappa shape index (κ1) is 14.2. The molecule has 0 unspecified atom stereocenters. The maximum atomic E-state index is 5.39. The summed E-state index contributed by atoms with van der Waals surface area (Å²) in [7, 11) is 3.87. The molecule has 0 amide bonds. The van der Waals surface area contributed by atoms with Crippen LogP contribution in [0.4, 0.5) is 5.69 Å². The number of rotatable bonds is 5. The normalized spacial score (nSPS) is 10.5. The maximum Gasteiger partial charge on any atom is 0.122 e. The summed E-state index contributed by atoms with van der Waals surface area (Å²) < 4.78 is 5.39. The minimum Gasteiger partial charge on any atom is -0.496 e. The summed E-state index contributed by atoms with van der Waals surface area (Å²) >= 11 is 4.26. The van der Waals surface area contributed by atoms with Crippen molar-refractivity contribution >= 4 is 18.3 Å². The number of benzene rings is 1. The van der Waals surface area contributed by atoms with Gasteiger partial charge in [-0.2, -0.15) is 12.6 Å².